The van der Waals surface area contributed by atoms with Crippen LogP contribution in [0.4, 0.5) is 0 Å². The van der Waals surface area contributed by atoms with E-state index in [-0.39, 0.29) is 11.1 Å². The van der Waals surface area contributed by atoms with Crippen LogP contribution < -0.4 is 0 Å². The van der Waals surface area contributed by atoms with Gasteiger partial charge in [0.2, 0.25) is 0 Å². The van der Waals surface area contributed by atoms with E-state index in [9.17, 15) is 9.59 Å². The minimum Gasteiger partial charge on any atom is -0.478 e. The van der Waals surface area contributed by atoms with Gasteiger partial charge in [0.25, 0.3) is 0 Å². The van der Waals surface area contributed by atoms with E-state index in [1.165, 1.54) is 29.6 Å². The Morgan fingerprint density at radius 3 is 1.47 bits per heavy atom. The van der Waals surface area contributed by atoms with E-state index < -0.39 is 11.9 Å². The zero-order chi connectivity index (χ0) is 11.8. The van der Waals surface area contributed by atoms with Crippen LogP contribution >= 0.6 is 0 Å². The highest BCUT2D eigenvalue weighted by atomic mass is 16.6. The molecule has 1 aromatic rings. The molecule has 15 heavy (non-hydrogen) atoms. The number of nitrogens with zero attached hydrogens (tertiary/aromatic N) is 1. The molecule has 0 atom stereocenters. The summed E-state index contributed by atoms with van der Waals surface area (Å²) in [4.78, 5) is 29.0. The van der Waals surface area contributed by atoms with Crippen molar-refractivity contribution in [1.82, 2.24) is 0 Å². The number of aromatic carboxylic acids is 2. The third-order valence-electron chi connectivity index (χ3n) is 1.39. The molecule has 0 bridgehead atoms. The van der Waals surface area contributed by atoms with E-state index in [0.717, 1.165) is 0 Å². The summed E-state index contributed by atoms with van der Waals surface area (Å²) in [7, 11) is 0. The maximum Gasteiger partial charge on any atom is 0.336 e. The van der Waals surface area contributed by atoms with Crippen molar-refractivity contribution in [2.24, 2.45) is 5.34 Å². The van der Waals surface area contributed by atoms with Crippen LogP contribution in [-0.2, 0) is 0 Å². The highest BCUT2D eigenvalue weighted by Gasteiger charge is 2.13. The van der Waals surface area contributed by atoms with Gasteiger partial charge in [0.15, 0.2) is 5.34 Å². The normalized spacial score (nSPS) is 8.27. The molecule has 80 valence electrons. The molecule has 0 saturated carbocycles. The van der Waals surface area contributed by atoms with Crippen LogP contribution in [0.1, 0.15) is 20.7 Å². The van der Waals surface area contributed by atoms with Gasteiger partial charge in [-0.05, 0) is 12.1 Å². The number of rotatable bonds is 2. The number of carboxylic acid groups (broad SMARTS) is 2. The molecule has 0 amide bonds. The summed E-state index contributed by atoms with van der Waals surface area (Å²) in [5, 5.41) is 25.0. The van der Waals surface area contributed by atoms with E-state index in [2.05, 4.69) is 0 Å². The molecule has 0 aliphatic heterocycles. The van der Waals surface area contributed by atoms with Gasteiger partial charge in [-0.25, -0.2) is 9.59 Å². The second-order valence-corrected chi connectivity index (χ2v) is 2.24. The van der Waals surface area contributed by atoms with Gasteiger partial charge in [-0.3, -0.25) is 0 Å². The van der Waals surface area contributed by atoms with E-state index in [4.69, 9.17) is 20.3 Å². The van der Waals surface area contributed by atoms with E-state index in [1.54, 1.807) is 0 Å². The van der Waals surface area contributed by atoms with Gasteiger partial charge in [0.05, 0.1) is 11.1 Å². The van der Waals surface area contributed by atoms with E-state index >= 15 is 0 Å². The summed E-state index contributed by atoms with van der Waals surface area (Å²) >= 11 is 0. The molecule has 0 fully saturated rings. The van der Waals surface area contributed by atoms with Crippen molar-refractivity contribution in [1.29, 1.82) is 0 Å². The predicted octanol–water partition coefficient (Wildman–Crippen LogP) is 1.22. The smallest absolute Gasteiger partial charge is 0.336 e. The summed E-state index contributed by atoms with van der Waals surface area (Å²) in [6.07, 6.45) is 0. The molecule has 0 aliphatic rings. The molecule has 0 saturated heterocycles. The first kappa shape index (κ1) is 12.6. The molecule has 0 spiro atoms. The second-order valence-electron chi connectivity index (χ2n) is 2.24. The van der Waals surface area contributed by atoms with Gasteiger partial charge in [-0.15, -0.1) is 4.91 Å². The zero-order valence-electron chi connectivity index (χ0n) is 7.32. The lowest BCUT2D eigenvalue weighted by Gasteiger charge is -1.98. The minimum atomic E-state index is -1.23. The van der Waals surface area contributed by atoms with Crippen molar-refractivity contribution in [3.63, 3.8) is 0 Å². The van der Waals surface area contributed by atoms with Crippen molar-refractivity contribution in [2.45, 2.75) is 0 Å². The van der Waals surface area contributed by atoms with Gasteiger partial charge in [-0.1, -0.05) is 12.1 Å². The fourth-order valence-electron chi connectivity index (χ4n) is 0.856. The Bertz CT molecular complexity index is 342. The average Bonchev–Trinajstić information content (AvgIpc) is 2.19. The molecule has 7 nitrogen and oxygen atoms in total. The highest BCUT2D eigenvalue weighted by Crippen LogP contribution is 2.07. The van der Waals surface area contributed by atoms with Crippen molar-refractivity contribution in [3.05, 3.63) is 40.3 Å². The molecule has 0 heterocycles. The number of carbonyl (C=O) groups is 2. The molecule has 0 aromatic heterocycles. The largest absolute Gasteiger partial charge is 0.478 e. The molecule has 0 radical (unpaired) electrons. The first-order chi connectivity index (χ1) is 7.04. The van der Waals surface area contributed by atoms with Gasteiger partial charge >= 0.3 is 11.9 Å². The van der Waals surface area contributed by atoms with Crippen LogP contribution in [0.25, 0.3) is 0 Å². The molecule has 0 unspecified atom stereocenters. The molecule has 1 aromatic carbocycles. The molecule has 7 heteroatoms. The van der Waals surface area contributed by atoms with Crippen LogP contribution in [0, 0.1) is 4.91 Å². The van der Waals surface area contributed by atoms with Gasteiger partial charge in [0, 0.05) is 0 Å². The van der Waals surface area contributed by atoms with Crippen LogP contribution in [0.15, 0.2) is 29.6 Å². The number of hydrogen-bond donors (Lipinski definition) is 3. The lowest BCUT2D eigenvalue weighted by molar-refractivity contribution is 0.0651. The maximum absolute atomic E-state index is 10.5. The third kappa shape index (κ3) is 3.85. The molecule has 1 rings (SSSR count). The fourth-order valence-corrected chi connectivity index (χ4v) is 0.856. The average molecular weight is 213 g/mol. The lowest BCUT2D eigenvalue weighted by Crippen LogP contribution is -2.06. The molecule has 3 N–H and O–H groups in total. The van der Waals surface area contributed by atoms with Crippen molar-refractivity contribution < 1.29 is 25.0 Å². The third-order valence-corrected chi connectivity index (χ3v) is 1.39. The van der Waals surface area contributed by atoms with Gasteiger partial charge in [0.1, 0.15) is 0 Å². The second kappa shape index (κ2) is 6.08. The van der Waals surface area contributed by atoms with Crippen LogP contribution in [0.2, 0.25) is 0 Å². The maximum atomic E-state index is 10.5. The lowest BCUT2D eigenvalue weighted by atomic mass is 10.1. The quantitative estimate of drug-likeness (QED) is 0.501. The Morgan fingerprint density at radius 1 is 1.00 bits per heavy atom. The monoisotopic (exact) mass is 213 g/mol. The number of hydrogen-bond acceptors (Lipinski definition) is 4. The Labute approximate surface area is 83.5 Å². The highest BCUT2D eigenvalue weighted by molar-refractivity contribution is 6.01. The van der Waals surface area contributed by atoms with Crippen LogP contribution in [-0.4, -0.2) is 27.4 Å². The standard InChI is InChI=1S/C8H6O4.HNO2/c9-7(10)5-3-1-2-4-6(5)8(11)12;2-1-3/h1-4H,(H,9,10)(H,11,12);(H,2,3). The number of benzene rings is 1. The molecule has 0 aliphatic carbocycles. The summed E-state index contributed by atoms with van der Waals surface area (Å²) in [5.41, 5.74) is -0.380. The minimum absolute atomic E-state index is 0.190. The summed E-state index contributed by atoms with van der Waals surface area (Å²) in [6.45, 7) is 0. The predicted molar refractivity (Wildman–Crippen MR) is 47.9 cm³/mol. The first-order valence-electron chi connectivity index (χ1n) is 3.57. The van der Waals surface area contributed by atoms with Crippen LogP contribution in [0.3, 0.4) is 0 Å². The Balaban J connectivity index is 0.000000583. The topological polar surface area (TPSA) is 124 Å². The zero-order valence-corrected chi connectivity index (χ0v) is 7.32. The van der Waals surface area contributed by atoms with Crippen molar-refractivity contribution >= 4 is 11.9 Å². The van der Waals surface area contributed by atoms with Crippen molar-refractivity contribution in [2.75, 3.05) is 0 Å². The van der Waals surface area contributed by atoms with E-state index in [0.29, 0.717) is 0 Å². The Hall–Kier alpha value is -2.44. The van der Waals surface area contributed by atoms with Crippen molar-refractivity contribution in [3.8, 4) is 0 Å². The van der Waals surface area contributed by atoms with Gasteiger partial charge < -0.3 is 15.4 Å². The van der Waals surface area contributed by atoms with Gasteiger partial charge in [-0.2, -0.15) is 0 Å². The summed E-state index contributed by atoms with van der Waals surface area (Å²) < 4.78 is 0. The fraction of sp³-hybridized carbons (Fsp3) is 0. The Morgan fingerprint density at radius 2 is 1.27 bits per heavy atom. The SMILES string of the molecule is O=C(O)c1ccccc1C(=O)O.O=NO. The number of carboxylic acids is 2. The molecular formula is C8H7NO6. The summed E-state index contributed by atoms with van der Waals surface area (Å²) in [6, 6.07) is 5.48. The summed E-state index contributed by atoms with van der Waals surface area (Å²) in [5.74, 6) is -2.46. The molecular weight excluding hydrogens is 206 g/mol. The Kier molecular flexibility index (Phi) is 5.09. The first-order valence-corrected chi connectivity index (χ1v) is 3.57. The van der Waals surface area contributed by atoms with Crippen LogP contribution in [0.5, 0.6) is 0 Å². The van der Waals surface area contributed by atoms with E-state index in [1.807, 2.05) is 0 Å².